The van der Waals surface area contributed by atoms with Gasteiger partial charge >= 0.3 is 5.97 Å². The van der Waals surface area contributed by atoms with Crippen LogP contribution in [0.2, 0.25) is 0 Å². The standard InChI is InChI=1S/C16H21NO6/c18-15(6-8-21-10-14-5-2-7-22-14)17-12-3-1-4-13(9-12)23-11-16(19)20/h1,3-4,9,14H,2,5-8,10-11H2,(H,17,18)(H,19,20). The molecule has 1 aliphatic heterocycles. The molecule has 1 unspecified atom stereocenters. The predicted octanol–water partition coefficient (Wildman–Crippen LogP) is 1.67. The Labute approximate surface area is 134 Å². The first-order valence-electron chi connectivity index (χ1n) is 7.57. The molecule has 1 amide bonds. The van der Waals surface area contributed by atoms with Crippen molar-refractivity contribution in [1.29, 1.82) is 0 Å². The third kappa shape index (κ3) is 6.66. The molecule has 0 bridgehead atoms. The third-order valence-electron chi connectivity index (χ3n) is 3.28. The Morgan fingerprint density at radius 2 is 2.26 bits per heavy atom. The normalized spacial score (nSPS) is 17.0. The number of carboxylic acids is 1. The van der Waals surface area contributed by atoms with Gasteiger partial charge in [0.2, 0.25) is 5.91 Å². The number of carboxylic acid groups (broad SMARTS) is 1. The highest BCUT2D eigenvalue weighted by Gasteiger charge is 2.15. The third-order valence-corrected chi connectivity index (χ3v) is 3.28. The van der Waals surface area contributed by atoms with Gasteiger partial charge < -0.3 is 24.6 Å². The molecule has 1 saturated heterocycles. The van der Waals surface area contributed by atoms with E-state index in [-0.39, 0.29) is 18.4 Å². The number of carbonyl (C=O) groups excluding carboxylic acids is 1. The maximum atomic E-state index is 11.8. The molecule has 1 fully saturated rings. The van der Waals surface area contributed by atoms with Crippen LogP contribution < -0.4 is 10.1 Å². The van der Waals surface area contributed by atoms with E-state index in [1.165, 1.54) is 0 Å². The van der Waals surface area contributed by atoms with Crippen LogP contribution in [0.3, 0.4) is 0 Å². The van der Waals surface area contributed by atoms with E-state index < -0.39 is 12.6 Å². The average Bonchev–Trinajstić information content (AvgIpc) is 3.03. The lowest BCUT2D eigenvalue weighted by molar-refractivity contribution is -0.139. The zero-order valence-electron chi connectivity index (χ0n) is 12.8. The minimum absolute atomic E-state index is 0.154. The Morgan fingerprint density at radius 1 is 1.39 bits per heavy atom. The first-order valence-corrected chi connectivity index (χ1v) is 7.57. The number of anilines is 1. The van der Waals surface area contributed by atoms with Gasteiger partial charge in [0, 0.05) is 18.4 Å². The monoisotopic (exact) mass is 323 g/mol. The van der Waals surface area contributed by atoms with Crippen LogP contribution in [0.4, 0.5) is 5.69 Å². The molecular formula is C16H21NO6. The van der Waals surface area contributed by atoms with Crippen molar-refractivity contribution in [2.75, 3.05) is 31.7 Å². The number of nitrogens with one attached hydrogen (secondary N) is 1. The number of ether oxygens (including phenoxy) is 3. The highest BCUT2D eigenvalue weighted by atomic mass is 16.5. The highest BCUT2D eigenvalue weighted by Crippen LogP contribution is 2.17. The van der Waals surface area contributed by atoms with Gasteiger partial charge in [-0.15, -0.1) is 0 Å². The van der Waals surface area contributed by atoms with Crippen LogP contribution in [-0.2, 0) is 19.1 Å². The largest absolute Gasteiger partial charge is 0.482 e. The van der Waals surface area contributed by atoms with Gasteiger partial charge in [-0.3, -0.25) is 4.79 Å². The van der Waals surface area contributed by atoms with E-state index in [4.69, 9.17) is 19.3 Å². The molecule has 1 aromatic carbocycles. The van der Waals surface area contributed by atoms with E-state index in [0.717, 1.165) is 19.4 Å². The molecular weight excluding hydrogens is 302 g/mol. The number of aliphatic carboxylic acids is 1. The molecule has 126 valence electrons. The van der Waals surface area contributed by atoms with E-state index in [9.17, 15) is 9.59 Å². The average molecular weight is 323 g/mol. The van der Waals surface area contributed by atoms with Crippen molar-refractivity contribution in [3.05, 3.63) is 24.3 Å². The second-order valence-corrected chi connectivity index (χ2v) is 5.22. The first kappa shape index (κ1) is 17.2. The van der Waals surface area contributed by atoms with Crippen molar-refractivity contribution in [1.82, 2.24) is 0 Å². The number of hydrogen-bond acceptors (Lipinski definition) is 5. The number of rotatable bonds is 9. The van der Waals surface area contributed by atoms with Crippen molar-refractivity contribution in [3.8, 4) is 5.75 Å². The van der Waals surface area contributed by atoms with Crippen LogP contribution in [0, 0.1) is 0 Å². The summed E-state index contributed by atoms with van der Waals surface area (Å²) in [5.74, 6) is -0.838. The van der Waals surface area contributed by atoms with Gasteiger partial charge in [0.05, 0.1) is 25.7 Å². The molecule has 0 spiro atoms. The number of benzene rings is 1. The molecule has 2 rings (SSSR count). The molecule has 1 aliphatic rings. The molecule has 0 aliphatic carbocycles. The van der Waals surface area contributed by atoms with E-state index in [1.54, 1.807) is 24.3 Å². The molecule has 7 heteroatoms. The van der Waals surface area contributed by atoms with E-state index in [1.807, 2.05) is 0 Å². The van der Waals surface area contributed by atoms with Gasteiger partial charge in [-0.2, -0.15) is 0 Å². The fourth-order valence-corrected chi connectivity index (χ4v) is 2.19. The van der Waals surface area contributed by atoms with E-state index in [2.05, 4.69) is 5.32 Å². The van der Waals surface area contributed by atoms with Crippen LogP contribution >= 0.6 is 0 Å². The first-order chi connectivity index (χ1) is 11.1. The smallest absolute Gasteiger partial charge is 0.341 e. The molecule has 1 aromatic rings. The van der Waals surface area contributed by atoms with Gasteiger partial charge in [0.25, 0.3) is 0 Å². The molecule has 7 nitrogen and oxygen atoms in total. The molecule has 0 aromatic heterocycles. The second-order valence-electron chi connectivity index (χ2n) is 5.22. The second kappa shape index (κ2) is 9.12. The van der Waals surface area contributed by atoms with Gasteiger partial charge in [0.1, 0.15) is 5.75 Å². The van der Waals surface area contributed by atoms with Crippen LogP contribution in [0.1, 0.15) is 19.3 Å². The summed E-state index contributed by atoms with van der Waals surface area (Å²) in [6.07, 6.45) is 2.47. The Hall–Kier alpha value is -2.12. The summed E-state index contributed by atoms with van der Waals surface area (Å²) in [5.41, 5.74) is 0.553. The number of amides is 1. The van der Waals surface area contributed by atoms with Gasteiger partial charge in [-0.1, -0.05) is 6.07 Å². The quantitative estimate of drug-likeness (QED) is 0.671. The van der Waals surface area contributed by atoms with E-state index in [0.29, 0.717) is 24.7 Å². The SMILES string of the molecule is O=C(O)COc1cccc(NC(=O)CCOCC2CCCO2)c1. The molecule has 1 atom stereocenters. The fraction of sp³-hybridized carbons (Fsp3) is 0.500. The molecule has 0 saturated carbocycles. The van der Waals surface area contributed by atoms with Crippen LogP contribution in [0.15, 0.2) is 24.3 Å². The summed E-state index contributed by atoms with van der Waals surface area (Å²) < 4.78 is 15.9. The summed E-state index contributed by atoms with van der Waals surface area (Å²) in [6, 6.07) is 6.59. The van der Waals surface area contributed by atoms with Gasteiger partial charge in [-0.25, -0.2) is 4.79 Å². The molecule has 1 heterocycles. The lowest BCUT2D eigenvalue weighted by atomic mass is 10.2. The number of hydrogen-bond donors (Lipinski definition) is 2. The summed E-state index contributed by atoms with van der Waals surface area (Å²) in [5, 5.41) is 11.3. The molecule has 23 heavy (non-hydrogen) atoms. The van der Waals surface area contributed by atoms with Crippen molar-refractivity contribution in [2.24, 2.45) is 0 Å². The van der Waals surface area contributed by atoms with E-state index >= 15 is 0 Å². The summed E-state index contributed by atoms with van der Waals surface area (Å²) in [7, 11) is 0. The van der Waals surface area contributed by atoms with Crippen LogP contribution in [0.25, 0.3) is 0 Å². The zero-order valence-corrected chi connectivity index (χ0v) is 12.8. The minimum atomic E-state index is -1.05. The van der Waals surface area contributed by atoms with Gasteiger partial charge in [0.15, 0.2) is 6.61 Å². The Morgan fingerprint density at radius 3 is 3.00 bits per heavy atom. The zero-order chi connectivity index (χ0) is 16.5. The van der Waals surface area contributed by atoms with Crippen molar-refractivity contribution in [3.63, 3.8) is 0 Å². The number of carbonyl (C=O) groups is 2. The Kier molecular flexibility index (Phi) is 6.83. The van der Waals surface area contributed by atoms with Crippen LogP contribution in [0.5, 0.6) is 5.75 Å². The Bertz CT molecular complexity index is 527. The maximum absolute atomic E-state index is 11.8. The molecule has 0 radical (unpaired) electrons. The Balaban J connectivity index is 1.67. The maximum Gasteiger partial charge on any atom is 0.341 e. The summed E-state index contributed by atoms with van der Waals surface area (Å²) in [6.45, 7) is 1.22. The lowest BCUT2D eigenvalue weighted by Crippen LogP contribution is -2.18. The van der Waals surface area contributed by atoms with Crippen molar-refractivity contribution < 1.29 is 28.9 Å². The predicted molar refractivity (Wildman–Crippen MR) is 82.6 cm³/mol. The van der Waals surface area contributed by atoms with Crippen molar-refractivity contribution >= 4 is 17.6 Å². The topological polar surface area (TPSA) is 94.1 Å². The fourth-order valence-electron chi connectivity index (χ4n) is 2.19. The van der Waals surface area contributed by atoms with Crippen LogP contribution in [-0.4, -0.2) is 49.5 Å². The summed E-state index contributed by atoms with van der Waals surface area (Å²) >= 11 is 0. The highest BCUT2D eigenvalue weighted by molar-refractivity contribution is 5.90. The minimum Gasteiger partial charge on any atom is -0.482 e. The van der Waals surface area contributed by atoms with Crippen molar-refractivity contribution in [2.45, 2.75) is 25.4 Å². The van der Waals surface area contributed by atoms with Gasteiger partial charge in [-0.05, 0) is 25.0 Å². The summed E-state index contributed by atoms with van der Waals surface area (Å²) in [4.78, 5) is 22.3. The lowest BCUT2D eigenvalue weighted by Gasteiger charge is -2.10. The molecule has 2 N–H and O–H groups in total.